The topological polar surface area (TPSA) is 89.3 Å². The van der Waals surface area contributed by atoms with E-state index in [2.05, 4.69) is 5.32 Å². The van der Waals surface area contributed by atoms with Gasteiger partial charge in [0.25, 0.3) is 0 Å². The highest BCUT2D eigenvalue weighted by Gasteiger charge is 2.16. The molecule has 3 N–H and O–H groups in total. The van der Waals surface area contributed by atoms with Crippen LogP contribution in [0.2, 0.25) is 10.0 Å². The number of nitrogens with one attached hydrogen (secondary N) is 1. The summed E-state index contributed by atoms with van der Waals surface area (Å²) >= 11 is 11.9. The summed E-state index contributed by atoms with van der Waals surface area (Å²) in [6, 6.07) is 2.31. The molecule has 0 radical (unpaired) electrons. The smallest absolute Gasteiger partial charge is 0.238 e. The molecule has 0 bridgehead atoms. The van der Waals surface area contributed by atoms with E-state index in [4.69, 9.17) is 28.3 Å². The normalized spacial score (nSPS) is 11.7. The zero-order chi connectivity index (χ0) is 15.5. The second-order valence-corrected chi connectivity index (χ2v) is 7.16. The van der Waals surface area contributed by atoms with Gasteiger partial charge < -0.3 is 5.32 Å². The molecular weight excluding hydrogens is 323 g/mol. The van der Waals surface area contributed by atoms with Crippen LogP contribution >= 0.6 is 23.2 Å². The van der Waals surface area contributed by atoms with Gasteiger partial charge in [-0.25, -0.2) is 13.6 Å². The molecule has 0 aliphatic heterocycles. The maximum absolute atomic E-state index is 11.7. The Morgan fingerprint density at radius 2 is 1.80 bits per heavy atom. The number of halogens is 2. The van der Waals surface area contributed by atoms with Gasteiger partial charge in [-0.2, -0.15) is 0 Å². The first-order valence-corrected chi connectivity index (χ1v) is 8.23. The van der Waals surface area contributed by atoms with Crippen molar-refractivity contribution < 1.29 is 13.2 Å². The van der Waals surface area contributed by atoms with Crippen molar-refractivity contribution in [2.75, 3.05) is 5.32 Å². The molecule has 8 heteroatoms. The molecule has 0 fully saturated rings. The maximum atomic E-state index is 11.7. The Balaban J connectivity index is 2.95. The van der Waals surface area contributed by atoms with Crippen LogP contribution in [0.5, 0.6) is 0 Å². The van der Waals surface area contributed by atoms with Crippen LogP contribution in [0.15, 0.2) is 17.0 Å². The Kier molecular flexibility index (Phi) is 5.82. The minimum absolute atomic E-state index is 0.0272. The van der Waals surface area contributed by atoms with E-state index in [-0.39, 0.29) is 26.5 Å². The van der Waals surface area contributed by atoms with Gasteiger partial charge in [-0.15, -0.1) is 0 Å². The second-order valence-electron chi connectivity index (χ2n) is 4.79. The lowest BCUT2D eigenvalue weighted by Crippen LogP contribution is -2.15. The third-order valence-corrected chi connectivity index (χ3v) is 4.05. The highest BCUT2D eigenvalue weighted by molar-refractivity contribution is 7.89. The molecule has 0 aliphatic carbocycles. The van der Waals surface area contributed by atoms with Crippen LogP contribution in [0, 0.1) is 5.92 Å². The third kappa shape index (κ3) is 4.94. The van der Waals surface area contributed by atoms with Crippen LogP contribution in [0.1, 0.15) is 26.7 Å². The molecular formula is C12H16Cl2N2O3S. The molecule has 1 amide bonds. The minimum atomic E-state index is -3.90. The van der Waals surface area contributed by atoms with Gasteiger partial charge in [-0.05, 0) is 24.5 Å². The van der Waals surface area contributed by atoms with Gasteiger partial charge in [0.2, 0.25) is 15.9 Å². The number of sulfonamides is 1. The van der Waals surface area contributed by atoms with Crippen LogP contribution in [-0.2, 0) is 14.8 Å². The molecule has 112 valence electrons. The lowest BCUT2D eigenvalue weighted by molar-refractivity contribution is -0.116. The Morgan fingerprint density at radius 1 is 1.30 bits per heavy atom. The summed E-state index contributed by atoms with van der Waals surface area (Å²) in [7, 11) is -3.90. The summed E-state index contributed by atoms with van der Waals surface area (Å²) in [5, 5.41) is 7.62. The van der Waals surface area contributed by atoms with Crippen LogP contribution in [0.4, 0.5) is 5.69 Å². The minimum Gasteiger partial charge on any atom is -0.324 e. The van der Waals surface area contributed by atoms with Gasteiger partial charge in [0.1, 0.15) is 0 Å². The average Bonchev–Trinajstić information content (AvgIpc) is 2.29. The number of anilines is 1. The molecule has 0 spiro atoms. The molecule has 0 unspecified atom stereocenters. The van der Waals surface area contributed by atoms with Gasteiger partial charge >= 0.3 is 0 Å². The van der Waals surface area contributed by atoms with E-state index in [0.29, 0.717) is 12.3 Å². The van der Waals surface area contributed by atoms with E-state index in [1.807, 2.05) is 13.8 Å². The monoisotopic (exact) mass is 338 g/mol. The quantitative estimate of drug-likeness (QED) is 0.864. The average molecular weight is 339 g/mol. The van der Waals surface area contributed by atoms with Crippen molar-refractivity contribution in [1.82, 2.24) is 0 Å². The number of benzene rings is 1. The van der Waals surface area contributed by atoms with Crippen LogP contribution in [0.3, 0.4) is 0 Å². The number of hydrogen-bond acceptors (Lipinski definition) is 3. The Hall–Kier alpha value is -0.820. The van der Waals surface area contributed by atoms with Crippen molar-refractivity contribution >= 4 is 44.8 Å². The highest BCUT2D eigenvalue weighted by atomic mass is 35.5. The molecule has 1 aromatic carbocycles. The number of rotatable bonds is 5. The number of primary sulfonamides is 1. The molecule has 1 aromatic rings. The Morgan fingerprint density at radius 3 is 2.20 bits per heavy atom. The fourth-order valence-corrected chi connectivity index (χ4v) is 2.73. The molecule has 0 atom stereocenters. The van der Waals surface area contributed by atoms with Crippen molar-refractivity contribution in [3.8, 4) is 0 Å². The van der Waals surface area contributed by atoms with Gasteiger partial charge in [-0.1, -0.05) is 37.0 Å². The predicted molar refractivity (Wildman–Crippen MR) is 80.5 cm³/mol. The van der Waals surface area contributed by atoms with Crippen molar-refractivity contribution in [3.63, 3.8) is 0 Å². The molecule has 1 rings (SSSR count). The Bertz CT molecular complexity index is 592. The summed E-state index contributed by atoms with van der Waals surface area (Å²) in [4.78, 5) is 11.5. The molecule has 0 saturated heterocycles. The van der Waals surface area contributed by atoms with Crippen molar-refractivity contribution in [1.29, 1.82) is 0 Å². The van der Waals surface area contributed by atoms with E-state index >= 15 is 0 Å². The van der Waals surface area contributed by atoms with Crippen LogP contribution < -0.4 is 10.5 Å². The molecule has 0 aromatic heterocycles. The summed E-state index contributed by atoms with van der Waals surface area (Å²) < 4.78 is 22.4. The molecule has 5 nitrogen and oxygen atoms in total. The summed E-state index contributed by atoms with van der Waals surface area (Å²) in [6.07, 6.45) is 1.07. The van der Waals surface area contributed by atoms with Crippen LogP contribution in [-0.4, -0.2) is 14.3 Å². The van der Waals surface area contributed by atoms with E-state index in [0.717, 1.165) is 18.6 Å². The number of carbonyl (C=O) groups is 1. The van der Waals surface area contributed by atoms with Crippen LogP contribution in [0.25, 0.3) is 0 Å². The molecule has 0 saturated carbocycles. The SMILES string of the molecule is CC(C)CCC(=O)Nc1c(Cl)cc(S(N)(=O)=O)cc1Cl. The summed E-state index contributed by atoms with van der Waals surface area (Å²) in [6.45, 7) is 4.02. The first-order valence-electron chi connectivity index (χ1n) is 5.93. The van der Waals surface area contributed by atoms with E-state index < -0.39 is 10.0 Å². The zero-order valence-electron chi connectivity index (χ0n) is 11.1. The molecule has 0 heterocycles. The zero-order valence-corrected chi connectivity index (χ0v) is 13.4. The number of carbonyl (C=O) groups excluding carboxylic acids is 1. The lowest BCUT2D eigenvalue weighted by atomic mass is 10.1. The van der Waals surface area contributed by atoms with Crippen molar-refractivity contribution in [2.45, 2.75) is 31.6 Å². The van der Waals surface area contributed by atoms with E-state index in [1.54, 1.807) is 0 Å². The highest BCUT2D eigenvalue weighted by Crippen LogP contribution is 2.33. The molecule has 0 aliphatic rings. The number of hydrogen-bond donors (Lipinski definition) is 2. The van der Waals surface area contributed by atoms with Gasteiger partial charge in [0, 0.05) is 6.42 Å². The fourth-order valence-electron chi connectivity index (χ4n) is 1.46. The molecule has 20 heavy (non-hydrogen) atoms. The third-order valence-electron chi connectivity index (χ3n) is 2.56. The standard InChI is InChI=1S/C12H16Cl2N2O3S/c1-7(2)3-4-11(17)16-12-9(13)5-8(6-10(12)14)20(15,18)19/h5-7H,3-4H2,1-2H3,(H,16,17)(H2,15,18,19). The second kappa shape index (κ2) is 6.76. The summed E-state index contributed by atoms with van der Waals surface area (Å²) in [5.41, 5.74) is 0.189. The summed E-state index contributed by atoms with van der Waals surface area (Å²) in [5.74, 6) is 0.169. The fraction of sp³-hybridized carbons (Fsp3) is 0.417. The number of amides is 1. The predicted octanol–water partition coefficient (Wildman–Crippen LogP) is 3.02. The number of nitrogens with two attached hydrogens (primary N) is 1. The first kappa shape index (κ1) is 17.2. The lowest BCUT2D eigenvalue weighted by Gasteiger charge is -2.11. The van der Waals surface area contributed by atoms with Crippen molar-refractivity contribution in [3.05, 3.63) is 22.2 Å². The van der Waals surface area contributed by atoms with Crippen molar-refractivity contribution in [2.24, 2.45) is 11.1 Å². The largest absolute Gasteiger partial charge is 0.324 e. The van der Waals surface area contributed by atoms with E-state index in [9.17, 15) is 13.2 Å². The van der Waals surface area contributed by atoms with Gasteiger partial charge in [-0.3, -0.25) is 4.79 Å². The van der Waals surface area contributed by atoms with E-state index in [1.165, 1.54) is 0 Å². The first-order chi connectivity index (χ1) is 9.11. The van der Waals surface area contributed by atoms with Gasteiger partial charge in [0.05, 0.1) is 20.6 Å². The Labute approximate surface area is 128 Å². The maximum Gasteiger partial charge on any atom is 0.238 e. The van der Waals surface area contributed by atoms with Gasteiger partial charge in [0.15, 0.2) is 0 Å².